The van der Waals surface area contributed by atoms with Crippen molar-refractivity contribution in [1.82, 2.24) is 4.90 Å². The molecule has 0 amide bonds. The summed E-state index contributed by atoms with van der Waals surface area (Å²) in [4.78, 5) is 13.4. The van der Waals surface area contributed by atoms with Crippen molar-refractivity contribution in [2.24, 2.45) is 5.92 Å². The molecule has 1 aromatic carbocycles. The van der Waals surface area contributed by atoms with Crippen molar-refractivity contribution in [3.8, 4) is 0 Å². The van der Waals surface area contributed by atoms with Gasteiger partial charge in [0.15, 0.2) is 0 Å². The lowest BCUT2D eigenvalue weighted by atomic mass is 9.94. The first-order valence-electron chi connectivity index (χ1n) is 6.84. The summed E-state index contributed by atoms with van der Waals surface area (Å²) < 4.78 is 0. The summed E-state index contributed by atoms with van der Waals surface area (Å²) in [6.07, 6.45) is 2.71. The fraction of sp³-hybridized carbons (Fsp3) is 0.533. The van der Waals surface area contributed by atoms with Crippen LogP contribution in [0, 0.1) is 5.92 Å². The Bertz CT molecular complexity index is 450. The summed E-state index contributed by atoms with van der Waals surface area (Å²) in [6.45, 7) is 3.74. The average Bonchev–Trinajstić information content (AvgIpc) is 2.40. The molecular formula is C15H20ClNO2. The summed E-state index contributed by atoms with van der Waals surface area (Å²) in [5, 5.41) is 9.92. The van der Waals surface area contributed by atoms with E-state index in [1.807, 2.05) is 18.2 Å². The van der Waals surface area contributed by atoms with Gasteiger partial charge in [0.2, 0.25) is 0 Å². The lowest BCUT2D eigenvalue weighted by molar-refractivity contribution is -0.144. The van der Waals surface area contributed by atoms with Crippen molar-refractivity contribution in [2.45, 2.75) is 32.2 Å². The molecule has 0 saturated carbocycles. The summed E-state index contributed by atoms with van der Waals surface area (Å²) in [5.41, 5.74) is 1.18. The van der Waals surface area contributed by atoms with Gasteiger partial charge < -0.3 is 5.11 Å². The Hall–Kier alpha value is -1.06. The first-order chi connectivity index (χ1) is 9.11. The second-order valence-corrected chi connectivity index (χ2v) is 5.59. The minimum absolute atomic E-state index is 0.234. The van der Waals surface area contributed by atoms with Gasteiger partial charge in [-0.05, 0) is 43.5 Å². The van der Waals surface area contributed by atoms with E-state index in [0.717, 1.165) is 30.8 Å². The van der Waals surface area contributed by atoms with Crippen molar-refractivity contribution >= 4 is 17.6 Å². The zero-order valence-corrected chi connectivity index (χ0v) is 11.9. The Morgan fingerprint density at radius 1 is 1.58 bits per heavy atom. The van der Waals surface area contributed by atoms with Crippen LogP contribution in [0.1, 0.15) is 37.8 Å². The Balaban J connectivity index is 2.15. The maximum absolute atomic E-state index is 11.2. The molecule has 1 fully saturated rings. The minimum Gasteiger partial charge on any atom is -0.481 e. The van der Waals surface area contributed by atoms with Crippen molar-refractivity contribution in [2.75, 3.05) is 13.1 Å². The summed E-state index contributed by atoms with van der Waals surface area (Å²) >= 11 is 6.05. The van der Waals surface area contributed by atoms with Crippen LogP contribution in [-0.2, 0) is 4.79 Å². The van der Waals surface area contributed by atoms with Gasteiger partial charge in [-0.1, -0.05) is 30.7 Å². The molecule has 4 heteroatoms. The molecule has 1 aromatic rings. The maximum atomic E-state index is 11.2. The normalized spacial score (nSPS) is 22.1. The second kappa shape index (κ2) is 6.40. The predicted octanol–water partition coefficient (Wildman–Crippen LogP) is 3.59. The highest BCUT2D eigenvalue weighted by atomic mass is 35.5. The third-order valence-corrected chi connectivity index (χ3v) is 4.10. The smallest absolute Gasteiger partial charge is 0.307 e. The molecule has 1 heterocycles. The van der Waals surface area contributed by atoms with E-state index < -0.39 is 5.97 Å². The second-order valence-electron chi connectivity index (χ2n) is 5.15. The molecule has 1 saturated heterocycles. The minimum atomic E-state index is -0.675. The molecule has 1 aliphatic rings. The number of nitrogens with zero attached hydrogens (tertiary/aromatic N) is 1. The molecule has 104 valence electrons. The average molecular weight is 282 g/mol. The maximum Gasteiger partial charge on any atom is 0.307 e. The number of carbonyl (C=O) groups is 1. The van der Waals surface area contributed by atoms with Crippen LogP contribution in [0.5, 0.6) is 0 Å². The number of halogens is 1. The van der Waals surface area contributed by atoms with Crippen LogP contribution in [0.4, 0.5) is 0 Å². The Labute approximate surface area is 119 Å². The van der Waals surface area contributed by atoms with E-state index in [2.05, 4.69) is 17.9 Å². The molecule has 0 radical (unpaired) electrons. The van der Waals surface area contributed by atoms with E-state index in [1.54, 1.807) is 0 Å². The Kier molecular flexibility index (Phi) is 4.83. The van der Waals surface area contributed by atoms with Crippen LogP contribution in [0.2, 0.25) is 5.02 Å². The first kappa shape index (κ1) is 14.4. The fourth-order valence-electron chi connectivity index (χ4n) is 2.91. The zero-order valence-electron chi connectivity index (χ0n) is 11.2. The van der Waals surface area contributed by atoms with Gasteiger partial charge in [-0.3, -0.25) is 9.69 Å². The number of benzene rings is 1. The van der Waals surface area contributed by atoms with Crippen LogP contribution in [-0.4, -0.2) is 29.1 Å². The predicted molar refractivity (Wildman–Crippen MR) is 76.4 cm³/mol. The molecule has 0 spiro atoms. The fourth-order valence-corrected chi connectivity index (χ4v) is 3.11. The van der Waals surface area contributed by atoms with Crippen molar-refractivity contribution in [3.63, 3.8) is 0 Å². The van der Waals surface area contributed by atoms with Crippen LogP contribution >= 0.6 is 11.6 Å². The summed E-state index contributed by atoms with van der Waals surface area (Å²) in [5.74, 6) is -0.910. The van der Waals surface area contributed by atoms with E-state index >= 15 is 0 Å². The largest absolute Gasteiger partial charge is 0.481 e. The molecule has 2 atom stereocenters. The Morgan fingerprint density at radius 3 is 3.00 bits per heavy atom. The quantitative estimate of drug-likeness (QED) is 0.917. The molecule has 0 bridgehead atoms. The number of carboxylic acids is 1. The molecule has 1 aliphatic heterocycles. The van der Waals surface area contributed by atoms with Crippen molar-refractivity contribution in [3.05, 3.63) is 34.9 Å². The first-order valence-corrected chi connectivity index (χ1v) is 7.22. The van der Waals surface area contributed by atoms with Crippen molar-refractivity contribution in [1.29, 1.82) is 0 Å². The summed E-state index contributed by atoms with van der Waals surface area (Å²) in [7, 11) is 0. The molecule has 2 unspecified atom stereocenters. The topological polar surface area (TPSA) is 40.5 Å². The number of aliphatic carboxylic acids is 1. The standard InChI is InChI=1S/C15H20ClNO2/c1-2-14(11-5-3-7-13(16)9-11)17-8-4-6-12(10-17)15(18)19/h3,5,7,9,12,14H,2,4,6,8,10H2,1H3,(H,18,19). The number of likely N-dealkylation sites (tertiary alicyclic amines) is 1. The number of rotatable bonds is 4. The molecule has 1 N–H and O–H groups in total. The molecule has 2 rings (SSSR count). The van der Waals surface area contributed by atoms with E-state index in [0.29, 0.717) is 6.54 Å². The molecular weight excluding hydrogens is 262 g/mol. The van der Waals surface area contributed by atoms with Gasteiger partial charge in [0.25, 0.3) is 0 Å². The van der Waals surface area contributed by atoms with E-state index in [9.17, 15) is 9.90 Å². The van der Waals surface area contributed by atoms with Gasteiger partial charge in [0.1, 0.15) is 0 Å². The lowest BCUT2D eigenvalue weighted by Crippen LogP contribution is -2.40. The van der Waals surface area contributed by atoms with Crippen LogP contribution in [0.15, 0.2) is 24.3 Å². The SMILES string of the molecule is CCC(c1cccc(Cl)c1)N1CCCC(C(=O)O)C1. The van der Waals surface area contributed by atoms with E-state index in [4.69, 9.17) is 11.6 Å². The molecule has 0 aromatic heterocycles. The highest BCUT2D eigenvalue weighted by Crippen LogP contribution is 2.30. The Morgan fingerprint density at radius 2 is 2.37 bits per heavy atom. The third-order valence-electron chi connectivity index (χ3n) is 3.86. The molecule has 3 nitrogen and oxygen atoms in total. The highest BCUT2D eigenvalue weighted by molar-refractivity contribution is 6.30. The van der Waals surface area contributed by atoms with Gasteiger partial charge in [-0.15, -0.1) is 0 Å². The van der Waals surface area contributed by atoms with Crippen LogP contribution < -0.4 is 0 Å². The summed E-state index contributed by atoms with van der Waals surface area (Å²) in [6, 6.07) is 8.15. The number of piperidine rings is 1. The van der Waals surface area contributed by atoms with E-state index in [-0.39, 0.29) is 12.0 Å². The van der Waals surface area contributed by atoms with Gasteiger partial charge in [-0.25, -0.2) is 0 Å². The van der Waals surface area contributed by atoms with Crippen LogP contribution in [0.25, 0.3) is 0 Å². The highest BCUT2D eigenvalue weighted by Gasteiger charge is 2.29. The monoisotopic (exact) mass is 281 g/mol. The lowest BCUT2D eigenvalue weighted by Gasteiger charge is -2.37. The van der Waals surface area contributed by atoms with E-state index in [1.165, 1.54) is 5.56 Å². The third kappa shape index (κ3) is 3.48. The van der Waals surface area contributed by atoms with Gasteiger partial charge in [-0.2, -0.15) is 0 Å². The van der Waals surface area contributed by atoms with Gasteiger partial charge in [0, 0.05) is 17.6 Å². The molecule has 19 heavy (non-hydrogen) atoms. The van der Waals surface area contributed by atoms with Crippen LogP contribution in [0.3, 0.4) is 0 Å². The van der Waals surface area contributed by atoms with Gasteiger partial charge >= 0.3 is 5.97 Å². The molecule has 0 aliphatic carbocycles. The number of hydrogen-bond donors (Lipinski definition) is 1. The number of carboxylic acid groups (broad SMARTS) is 1. The zero-order chi connectivity index (χ0) is 13.8. The number of hydrogen-bond acceptors (Lipinski definition) is 2. The van der Waals surface area contributed by atoms with Gasteiger partial charge in [0.05, 0.1) is 5.92 Å². The van der Waals surface area contributed by atoms with Crippen molar-refractivity contribution < 1.29 is 9.90 Å².